The van der Waals surface area contributed by atoms with Crippen LogP contribution in [0.4, 0.5) is 10.3 Å². The van der Waals surface area contributed by atoms with Crippen LogP contribution in [0.5, 0.6) is 0 Å². The van der Waals surface area contributed by atoms with Crippen LogP contribution < -0.4 is 5.73 Å². The van der Waals surface area contributed by atoms with Crippen molar-refractivity contribution in [1.82, 2.24) is 15.0 Å². The zero-order chi connectivity index (χ0) is 12.4. The summed E-state index contributed by atoms with van der Waals surface area (Å²) < 4.78 is 13.5. The minimum atomic E-state index is -0.424. The van der Waals surface area contributed by atoms with E-state index in [0.717, 1.165) is 0 Å². The summed E-state index contributed by atoms with van der Waals surface area (Å²) in [5.74, 6) is -0.158. The molecule has 0 saturated heterocycles. The van der Waals surface area contributed by atoms with Crippen molar-refractivity contribution >= 4 is 29.2 Å². The fourth-order valence-corrected chi connectivity index (χ4v) is 1.76. The number of anilines is 1. The molecule has 1 aromatic heterocycles. The summed E-state index contributed by atoms with van der Waals surface area (Å²) in [6.45, 7) is 0. The van der Waals surface area contributed by atoms with Gasteiger partial charge >= 0.3 is 0 Å². The Labute approximate surface area is 107 Å². The Hall–Kier alpha value is -1.46. The highest BCUT2D eigenvalue weighted by Gasteiger charge is 2.11. The number of aromatic nitrogens is 3. The molecular formula is C10H7Cl2FN4. The van der Waals surface area contributed by atoms with E-state index in [1.807, 2.05) is 0 Å². The van der Waals surface area contributed by atoms with Crippen LogP contribution in [-0.4, -0.2) is 15.0 Å². The normalized spacial score (nSPS) is 10.5. The minimum Gasteiger partial charge on any atom is -0.368 e. The lowest BCUT2D eigenvalue weighted by atomic mass is 10.1. The lowest BCUT2D eigenvalue weighted by molar-refractivity contribution is 0.612. The molecule has 0 fully saturated rings. The zero-order valence-electron chi connectivity index (χ0n) is 8.49. The maximum Gasteiger partial charge on any atom is 0.227 e. The van der Waals surface area contributed by atoms with Crippen molar-refractivity contribution < 1.29 is 4.39 Å². The third kappa shape index (κ3) is 2.81. The van der Waals surface area contributed by atoms with E-state index in [9.17, 15) is 4.39 Å². The van der Waals surface area contributed by atoms with Crippen molar-refractivity contribution in [3.05, 3.63) is 45.7 Å². The molecule has 1 aromatic carbocycles. The Morgan fingerprint density at radius 3 is 2.59 bits per heavy atom. The van der Waals surface area contributed by atoms with Crippen LogP contribution in [0.15, 0.2) is 18.2 Å². The Morgan fingerprint density at radius 2 is 1.94 bits per heavy atom. The topological polar surface area (TPSA) is 64.7 Å². The first-order valence-electron chi connectivity index (χ1n) is 4.65. The van der Waals surface area contributed by atoms with Gasteiger partial charge in [0, 0.05) is 17.0 Å². The third-order valence-corrected chi connectivity index (χ3v) is 2.59. The molecular weight excluding hydrogens is 266 g/mol. The van der Waals surface area contributed by atoms with Gasteiger partial charge in [-0.2, -0.15) is 9.97 Å². The second kappa shape index (κ2) is 4.81. The predicted molar refractivity (Wildman–Crippen MR) is 63.5 cm³/mol. The summed E-state index contributed by atoms with van der Waals surface area (Å²) >= 11 is 11.5. The molecule has 4 nitrogen and oxygen atoms in total. The molecule has 0 bridgehead atoms. The first kappa shape index (κ1) is 12.0. The molecule has 0 unspecified atom stereocenters. The molecule has 0 saturated carbocycles. The lowest BCUT2D eigenvalue weighted by Crippen LogP contribution is -2.05. The summed E-state index contributed by atoms with van der Waals surface area (Å²) in [5, 5.41) is 0.278. The molecule has 0 spiro atoms. The van der Waals surface area contributed by atoms with E-state index >= 15 is 0 Å². The van der Waals surface area contributed by atoms with Crippen LogP contribution in [0.3, 0.4) is 0 Å². The maximum absolute atomic E-state index is 13.5. The van der Waals surface area contributed by atoms with Gasteiger partial charge in [-0.05, 0) is 23.7 Å². The van der Waals surface area contributed by atoms with Crippen LogP contribution >= 0.6 is 23.2 Å². The molecule has 2 N–H and O–H groups in total. The highest BCUT2D eigenvalue weighted by molar-refractivity contribution is 6.31. The summed E-state index contributed by atoms with van der Waals surface area (Å²) in [6.07, 6.45) is 0.109. The van der Waals surface area contributed by atoms with Crippen molar-refractivity contribution in [2.75, 3.05) is 5.73 Å². The number of hydrogen-bond donors (Lipinski definition) is 1. The first-order chi connectivity index (χ1) is 8.06. The second-order valence-corrected chi connectivity index (χ2v) is 4.00. The molecule has 2 aromatic rings. The molecule has 0 aliphatic carbocycles. The van der Waals surface area contributed by atoms with Gasteiger partial charge in [0.25, 0.3) is 0 Å². The van der Waals surface area contributed by atoms with Gasteiger partial charge in [0.05, 0.1) is 0 Å². The van der Waals surface area contributed by atoms with Crippen LogP contribution in [-0.2, 0) is 6.42 Å². The zero-order valence-corrected chi connectivity index (χ0v) is 10.0. The standard InChI is InChI=1S/C10H7Cl2FN4/c11-6-2-1-3-7(13)5(6)4-8-15-9(12)17-10(14)16-8/h1-3H,4H2,(H2,14,15,16,17). The van der Waals surface area contributed by atoms with Gasteiger partial charge in [0.2, 0.25) is 11.2 Å². The molecule has 88 valence electrons. The number of nitrogens with two attached hydrogens (primary N) is 1. The number of nitrogens with zero attached hydrogens (tertiary/aromatic N) is 3. The molecule has 0 aliphatic rings. The van der Waals surface area contributed by atoms with E-state index in [4.69, 9.17) is 28.9 Å². The first-order valence-corrected chi connectivity index (χ1v) is 5.40. The van der Waals surface area contributed by atoms with Gasteiger partial charge in [-0.3, -0.25) is 0 Å². The number of halogens is 3. The largest absolute Gasteiger partial charge is 0.368 e. The van der Waals surface area contributed by atoms with E-state index in [0.29, 0.717) is 10.6 Å². The van der Waals surface area contributed by atoms with Gasteiger partial charge in [-0.15, -0.1) is 0 Å². The number of rotatable bonds is 2. The monoisotopic (exact) mass is 272 g/mol. The molecule has 2 rings (SSSR count). The van der Waals surface area contributed by atoms with Gasteiger partial charge in [0.1, 0.15) is 11.6 Å². The smallest absolute Gasteiger partial charge is 0.227 e. The van der Waals surface area contributed by atoms with Crippen molar-refractivity contribution in [3.8, 4) is 0 Å². The van der Waals surface area contributed by atoms with Crippen LogP contribution in [0, 0.1) is 5.82 Å². The quantitative estimate of drug-likeness (QED) is 0.912. The molecule has 17 heavy (non-hydrogen) atoms. The van der Waals surface area contributed by atoms with Gasteiger partial charge in [-0.25, -0.2) is 9.37 Å². The Morgan fingerprint density at radius 1 is 1.18 bits per heavy atom. The van der Waals surface area contributed by atoms with E-state index in [2.05, 4.69) is 15.0 Å². The van der Waals surface area contributed by atoms with Gasteiger partial charge in [-0.1, -0.05) is 17.7 Å². The summed E-state index contributed by atoms with van der Waals surface area (Å²) in [4.78, 5) is 11.3. The summed E-state index contributed by atoms with van der Waals surface area (Å²) in [7, 11) is 0. The van der Waals surface area contributed by atoms with Crippen LogP contribution in [0.2, 0.25) is 10.3 Å². The Bertz CT molecular complexity index is 521. The summed E-state index contributed by atoms with van der Waals surface area (Å²) in [6, 6.07) is 4.43. The SMILES string of the molecule is Nc1nc(Cl)nc(Cc2c(F)cccc2Cl)n1. The van der Waals surface area contributed by atoms with Crippen molar-refractivity contribution in [1.29, 1.82) is 0 Å². The fraction of sp³-hybridized carbons (Fsp3) is 0.100. The van der Waals surface area contributed by atoms with Crippen molar-refractivity contribution in [2.24, 2.45) is 0 Å². The molecule has 7 heteroatoms. The van der Waals surface area contributed by atoms with E-state index in [1.54, 1.807) is 6.07 Å². The van der Waals surface area contributed by atoms with E-state index in [1.165, 1.54) is 12.1 Å². The number of nitrogen functional groups attached to an aromatic ring is 1. The van der Waals surface area contributed by atoms with Crippen molar-refractivity contribution in [2.45, 2.75) is 6.42 Å². The molecule has 0 aliphatic heterocycles. The third-order valence-electron chi connectivity index (χ3n) is 2.07. The Kier molecular flexibility index (Phi) is 3.40. The van der Waals surface area contributed by atoms with Gasteiger partial charge in [0.15, 0.2) is 0 Å². The van der Waals surface area contributed by atoms with E-state index in [-0.39, 0.29) is 23.5 Å². The maximum atomic E-state index is 13.5. The molecule has 1 heterocycles. The fourth-order valence-electron chi connectivity index (χ4n) is 1.35. The van der Waals surface area contributed by atoms with Gasteiger partial charge < -0.3 is 5.73 Å². The van der Waals surface area contributed by atoms with Crippen LogP contribution in [0.25, 0.3) is 0 Å². The lowest BCUT2D eigenvalue weighted by Gasteiger charge is -2.05. The van der Waals surface area contributed by atoms with Crippen LogP contribution in [0.1, 0.15) is 11.4 Å². The molecule has 0 atom stereocenters. The number of benzene rings is 1. The average Bonchev–Trinajstić information content (AvgIpc) is 2.22. The second-order valence-electron chi connectivity index (χ2n) is 3.26. The average molecular weight is 273 g/mol. The molecule has 0 radical (unpaired) electrons. The highest BCUT2D eigenvalue weighted by Crippen LogP contribution is 2.21. The minimum absolute atomic E-state index is 0.00698. The predicted octanol–water partition coefficient (Wildman–Crippen LogP) is 2.49. The van der Waals surface area contributed by atoms with Crippen molar-refractivity contribution in [3.63, 3.8) is 0 Å². The highest BCUT2D eigenvalue weighted by atomic mass is 35.5. The Balaban J connectivity index is 2.38. The molecule has 0 amide bonds. The summed E-state index contributed by atoms with van der Waals surface area (Å²) in [5.41, 5.74) is 5.72. The van der Waals surface area contributed by atoms with E-state index < -0.39 is 5.82 Å². The number of hydrogen-bond acceptors (Lipinski definition) is 4.